The molecule has 27 heavy (non-hydrogen) atoms. The molecule has 0 aliphatic carbocycles. The largest absolute Gasteiger partial charge is 0.504 e. The minimum absolute atomic E-state index is 0.0759. The monoisotopic (exact) mass is 370 g/mol. The Kier molecular flexibility index (Phi) is 5.78. The normalized spacial score (nSPS) is 17.3. The van der Waals surface area contributed by atoms with Crippen LogP contribution in [-0.4, -0.2) is 51.7 Å². The SMILES string of the molecule is Cc1nc(N2CCN(C(=O)OCc3ccccc3)C[C@H]2C(C)C)ncc1O. The van der Waals surface area contributed by atoms with Gasteiger partial charge in [0.1, 0.15) is 6.61 Å². The maximum atomic E-state index is 12.5. The van der Waals surface area contributed by atoms with Crippen LogP contribution in [0.25, 0.3) is 0 Å². The number of aryl methyl sites for hydroxylation is 1. The molecule has 1 fully saturated rings. The molecule has 0 radical (unpaired) electrons. The zero-order valence-corrected chi connectivity index (χ0v) is 16.0. The van der Waals surface area contributed by atoms with Crippen LogP contribution in [0, 0.1) is 12.8 Å². The number of piperazine rings is 1. The molecular weight excluding hydrogens is 344 g/mol. The topological polar surface area (TPSA) is 78.8 Å². The molecule has 1 aliphatic heterocycles. The molecule has 7 nitrogen and oxygen atoms in total. The van der Waals surface area contributed by atoms with Gasteiger partial charge in [-0.25, -0.2) is 14.8 Å². The average molecular weight is 370 g/mol. The van der Waals surface area contributed by atoms with E-state index in [1.165, 1.54) is 6.20 Å². The molecule has 0 unspecified atom stereocenters. The van der Waals surface area contributed by atoms with Gasteiger partial charge in [-0.1, -0.05) is 44.2 Å². The van der Waals surface area contributed by atoms with E-state index in [1.807, 2.05) is 30.3 Å². The van der Waals surface area contributed by atoms with Crippen LogP contribution in [0.15, 0.2) is 36.5 Å². The number of hydrogen-bond donors (Lipinski definition) is 1. The molecule has 1 saturated heterocycles. The first-order valence-corrected chi connectivity index (χ1v) is 9.20. The highest BCUT2D eigenvalue weighted by atomic mass is 16.6. The van der Waals surface area contributed by atoms with Crippen LogP contribution in [0.4, 0.5) is 10.7 Å². The first-order valence-electron chi connectivity index (χ1n) is 9.20. The standard InChI is InChI=1S/C20H26N4O3/c1-14(2)17-12-23(20(26)27-13-16-7-5-4-6-8-16)9-10-24(17)19-21-11-18(25)15(3)22-19/h4-8,11,14,17,25H,9-10,12-13H2,1-3H3/t17-/m0/s1. The molecule has 1 aromatic heterocycles. The Labute approximate surface area is 159 Å². The number of carbonyl (C=O) groups is 1. The van der Waals surface area contributed by atoms with E-state index < -0.39 is 0 Å². The average Bonchev–Trinajstić information content (AvgIpc) is 2.68. The van der Waals surface area contributed by atoms with Crippen LogP contribution >= 0.6 is 0 Å². The fourth-order valence-corrected chi connectivity index (χ4v) is 3.19. The summed E-state index contributed by atoms with van der Waals surface area (Å²) in [4.78, 5) is 25.0. The van der Waals surface area contributed by atoms with Crippen LogP contribution in [0.2, 0.25) is 0 Å². The third-order valence-corrected chi connectivity index (χ3v) is 4.85. The summed E-state index contributed by atoms with van der Waals surface area (Å²) in [6.07, 6.45) is 1.13. The van der Waals surface area contributed by atoms with E-state index in [-0.39, 0.29) is 24.5 Å². The third-order valence-electron chi connectivity index (χ3n) is 4.85. The maximum absolute atomic E-state index is 12.5. The van der Waals surface area contributed by atoms with E-state index in [4.69, 9.17) is 4.74 Å². The first kappa shape index (κ1) is 18.9. The molecular formula is C20H26N4O3. The van der Waals surface area contributed by atoms with Gasteiger partial charge in [0.2, 0.25) is 5.95 Å². The Balaban J connectivity index is 1.66. The fraction of sp³-hybridized carbons (Fsp3) is 0.450. The zero-order chi connectivity index (χ0) is 19.4. The molecule has 1 atom stereocenters. The van der Waals surface area contributed by atoms with Gasteiger partial charge in [0.05, 0.1) is 17.9 Å². The summed E-state index contributed by atoms with van der Waals surface area (Å²) < 4.78 is 5.48. The number of ether oxygens (including phenoxy) is 1. The number of amides is 1. The van der Waals surface area contributed by atoms with Crippen molar-refractivity contribution in [2.24, 2.45) is 5.92 Å². The number of aromatic nitrogens is 2. The number of hydrogen-bond acceptors (Lipinski definition) is 6. The smallest absolute Gasteiger partial charge is 0.410 e. The Morgan fingerprint density at radius 3 is 2.70 bits per heavy atom. The van der Waals surface area contributed by atoms with Crippen LogP contribution in [-0.2, 0) is 11.3 Å². The molecule has 0 bridgehead atoms. The molecule has 1 N–H and O–H groups in total. The summed E-state index contributed by atoms with van der Waals surface area (Å²) in [6.45, 7) is 7.96. The fourth-order valence-electron chi connectivity index (χ4n) is 3.19. The minimum atomic E-state index is -0.299. The summed E-state index contributed by atoms with van der Waals surface area (Å²) >= 11 is 0. The Hall–Kier alpha value is -2.83. The van der Waals surface area contributed by atoms with Crippen molar-refractivity contribution in [2.75, 3.05) is 24.5 Å². The summed E-state index contributed by atoms with van der Waals surface area (Å²) in [5, 5.41) is 9.67. The van der Waals surface area contributed by atoms with Gasteiger partial charge >= 0.3 is 6.09 Å². The number of anilines is 1. The lowest BCUT2D eigenvalue weighted by atomic mass is 10.00. The number of benzene rings is 1. The second-order valence-electron chi connectivity index (χ2n) is 7.13. The molecule has 1 aliphatic rings. The van der Waals surface area contributed by atoms with E-state index >= 15 is 0 Å². The number of nitrogens with zero attached hydrogens (tertiary/aromatic N) is 4. The van der Waals surface area contributed by atoms with Crippen LogP contribution in [0.1, 0.15) is 25.1 Å². The summed E-state index contributed by atoms with van der Waals surface area (Å²) in [5.74, 6) is 0.969. The molecule has 0 spiro atoms. The van der Waals surface area contributed by atoms with Crippen molar-refractivity contribution in [3.63, 3.8) is 0 Å². The van der Waals surface area contributed by atoms with Gasteiger partial charge in [-0.15, -0.1) is 0 Å². The van der Waals surface area contributed by atoms with Crippen molar-refractivity contribution in [3.05, 3.63) is 47.8 Å². The maximum Gasteiger partial charge on any atom is 0.410 e. The van der Waals surface area contributed by atoms with E-state index in [1.54, 1.807) is 11.8 Å². The van der Waals surface area contributed by atoms with Gasteiger partial charge in [-0.2, -0.15) is 0 Å². The quantitative estimate of drug-likeness (QED) is 0.891. The molecule has 7 heteroatoms. The van der Waals surface area contributed by atoms with E-state index in [9.17, 15) is 9.90 Å². The number of aromatic hydroxyl groups is 1. The second kappa shape index (κ2) is 8.24. The highest BCUT2D eigenvalue weighted by Crippen LogP contribution is 2.24. The molecule has 2 aromatic rings. The predicted octanol–water partition coefficient (Wildman–Crippen LogP) is 2.97. The molecule has 144 valence electrons. The molecule has 3 rings (SSSR count). The summed E-state index contributed by atoms with van der Waals surface area (Å²) in [6, 6.07) is 9.74. The molecule has 2 heterocycles. The lowest BCUT2D eigenvalue weighted by Gasteiger charge is -2.42. The Morgan fingerprint density at radius 2 is 2.04 bits per heavy atom. The first-order chi connectivity index (χ1) is 13.0. The van der Waals surface area contributed by atoms with Gasteiger partial charge in [0, 0.05) is 19.6 Å². The van der Waals surface area contributed by atoms with Gasteiger partial charge in [-0.3, -0.25) is 0 Å². The Morgan fingerprint density at radius 1 is 1.30 bits per heavy atom. The van der Waals surface area contributed by atoms with Crippen molar-refractivity contribution >= 4 is 12.0 Å². The summed E-state index contributed by atoms with van der Waals surface area (Å²) in [5.41, 5.74) is 1.52. The highest BCUT2D eigenvalue weighted by Gasteiger charge is 2.33. The van der Waals surface area contributed by atoms with Crippen LogP contribution in [0.5, 0.6) is 5.75 Å². The van der Waals surface area contributed by atoms with E-state index in [0.29, 0.717) is 37.2 Å². The number of carbonyl (C=O) groups excluding carboxylic acids is 1. The van der Waals surface area contributed by atoms with E-state index in [0.717, 1.165) is 5.56 Å². The lowest BCUT2D eigenvalue weighted by molar-refractivity contribution is 0.0856. The Bertz CT molecular complexity index is 782. The highest BCUT2D eigenvalue weighted by molar-refractivity contribution is 5.68. The molecule has 1 aromatic carbocycles. The van der Waals surface area contributed by atoms with E-state index in [2.05, 4.69) is 28.7 Å². The van der Waals surface area contributed by atoms with Crippen molar-refractivity contribution in [1.29, 1.82) is 0 Å². The molecule has 0 saturated carbocycles. The predicted molar refractivity (Wildman–Crippen MR) is 103 cm³/mol. The van der Waals surface area contributed by atoms with Crippen molar-refractivity contribution in [1.82, 2.24) is 14.9 Å². The lowest BCUT2D eigenvalue weighted by Crippen LogP contribution is -2.57. The van der Waals surface area contributed by atoms with Gasteiger partial charge < -0.3 is 19.6 Å². The van der Waals surface area contributed by atoms with Crippen molar-refractivity contribution < 1.29 is 14.6 Å². The van der Waals surface area contributed by atoms with Gasteiger partial charge in [0.25, 0.3) is 0 Å². The molecule has 1 amide bonds. The summed E-state index contributed by atoms with van der Waals surface area (Å²) in [7, 11) is 0. The van der Waals surface area contributed by atoms with Crippen molar-refractivity contribution in [2.45, 2.75) is 33.4 Å². The second-order valence-corrected chi connectivity index (χ2v) is 7.13. The van der Waals surface area contributed by atoms with Gasteiger partial charge in [0.15, 0.2) is 5.75 Å². The number of rotatable bonds is 4. The van der Waals surface area contributed by atoms with Gasteiger partial charge in [-0.05, 0) is 18.4 Å². The zero-order valence-electron chi connectivity index (χ0n) is 16.0. The third kappa shape index (κ3) is 4.48. The van der Waals surface area contributed by atoms with Crippen molar-refractivity contribution in [3.8, 4) is 5.75 Å². The minimum Gasteiger partial charge on any atom is -0.504 e. The van der Waals surface area contributed by atoms with Crippen LogP contribution < -0.4 is 4.90 Å². The van der Waals surface area contributed by atoms with Crippen LogP contribution in [0.3, 0.4) is 0 Å².